The van der Waals surface area contributed by atoms with Crippen LogP contribution in [0.4, 0.5) is 5.69 Å². The zero-order valence-corrected chi connectivity index (χ0v) is 9.70. The van der Waals surface area contributed by atoms with Gasteiger partial charge in [0.25, 0.3) is 0 Å². The standard InChI is InChI=1S/C14H10N4/c15-7-12(8-16)13(9-17)10-3-4-14-11(6-10)2-1-5-18-14/h3-4,6,18H,1-2,5H2. The van der Waals surface area contributed by atoms with Gasteiger partial charge in [-0.1, -0.05) is 6.07 Å². The number of hydrogen-bond acceptors (Lipinski definition) is 4. The van der Waals surface area contributed by atoms with E-state index in [-0.39, 0.29) is 11.1 Å². The van der Waals surface area contributed by atoms with Gasteiger partial charge in [-0.05, 0) is 36.1 Å². The number of anilines is 1. The van der Waals surface area contributed by atoms with Crippen molar-refractivity contribution in [3.63, 3.8) is 0 Å². The third-order valence-corrected chi connectivity index (χ3v) is 2.92. The summed E-state index contributed by atoms with van der Waals surface area (Å²) in [6.07, 6.45) is 1.99. The average Bonchev–Trinajstić information content (AvgIpc) is 2.44. The summed E-state index contributed by atoms with van der Waals surface area (Å²) in [6, 6.07) is 11.0. The normalized spacial score (nSPS) is 12.1. The van der Waals surface area contributed by atoms with E-state index in [9.17, 15) is 0 Å². The van der Waals surface area contributed by atoms with Gasteiger partial charge < -0.3 is 5.32 Å². The summed E-state index contributed by atoms with van der Waals surface area (Å²) < 4.78 is 0. The third kappa shape index (κ3) is 2.03. The Bertz CT molecular complexity index is 619. The Hall–Kier alpha value is -2.77. The van der Waals surface area contributed by atoms with Crippen molar-refractivity contribution in [3.05, 3.63) is 34.9 Å². The van der Waals surface area contributed by atoms with Gasteiger partial charge in [0.05, 0.1) is 5.57 Å². The lowest BCUT2D eigenvalue weighted by Crippen LogP contribution is -2.11. The van der Waals surface area contributed by atoms with E-state index in [1.54, 1.807) is 18.2 Å². The number of aryl methyl sites for hydroxylation is 1. The molecule has 0 amide bonds. The Labute approximate surface area is 105 Å². The highest BCUT2D eigenvalue weighted by atomic mass is 14.9. The Balaban J connectivity index is 2.53. The van der Waals surface area contributed by atoms with Gasteiger partial charge in [0.2, 0.25) is 0 Å². The molecule has 0 fully saturated rings. The largest absolute Gasteiger partial charge is 0.385 e. The van der Waals surface area contributed by atoms with E-state index in [0.29, 0.717) is 5.56 Å². The molecule has 1 heterocycles. The number of allylic oxidation sites excluding steroid dienone is 2. The summed E-state index contributed by atoms with van der Waals surface area (Å²) in [7, 11) is 0. The number of benzene rings is 1. The second-order valence-electron chi connectivity index (χ2n) is 3.99. The first-order chi connectivity index (χ1) is 8.80. The minimum absolute atomic E-state index is 0.138. The molecule has 1 aliphatic heterocycles. The van der Waals surface area contributed by atoms with E-state index in [2.05, 4.69) is 5.32 Å². The van der Waals surface area contributed by atoms with Crippen molar-refractivity contribution in [1.29, 1.82) is 15.8 Å². The third-order valence-electron chi connectivity index (χ3n) is 2.92. The number of rotatable bonds is 1. The quantitative estimate of drug-likeness (QED) is 0.756. The molecule has 4 nitrogen and oxygen atoms in total. The first kappa shape index (κ1) is 11.7. The molecule has 0 saturated heterocycles. The number of fused-ring (bicyclic) bond motifs is 1. The fourth-order valence-electron chi connectivity index (χ4n) is 2.03. The van der Waals surface area contributed by atoms with Crippen molar-refractivity contribution in [1.82, 2.24) is 0 Å². The second kappa shape index (κ2) is 5.04. The zero-order chi connectivity index (χ0) is 13.0. The summed E-state index contributed by atoms with van der Waals surface area (Å²) in [5.74, 6) is 0. The molecule has 0 aliphatic carbocycles. The van der Waals surface area contributed by atoms with E-state index < -0.39 is 0 Å². The van der Waals surface area contributed by atoms with E-state index in [1.807, 2.05) is 18.2 Å². The van der Waals surface area contributed by atoms with Crippen LogP contribution >= 0.6 is 0 Å². The summed E-state index contributed by atoms with van der Waals surface area (Å²) in [5, 5.41) is 30.0. The fourth-order valence-corrected chi connectivity index (χ4v) is 2.03. The predicted molar refractivity (Wildman–Crippen MR) is 67.0 cm³/mol. The molecular weight excluding hydrogens is 224 g/mol. The van der Waals surface area contributed by atoms with Crippen molar-refractivity contribution in [2.45, 2.75) is 12.8 Å². The van der Waals surface area contributed by atoms with E-state index in [4.69, 9.17) is 15.8 Å². The second-order valence-corrected chi connectivity index (χ2v) is 3.99. The van der Waals surface area contributed by atoms with Gasteiger partial charge in [0.1, 0.15) is 23.8 Å². The van der Waals surface area contributed by atoms with Crippen molar-refractivity contribution in [2.75, 3.05) is 11.9 Å². The molecule has 0 radical (unpaired) electrons. The summed E-state index contributed by atoms with van der Waals surface area (Å²) in [6.45, 7) is 0.953. The number of nitriles is 3. The van der Waals surface area contributed by atoms with Crippen molar-refractivity contribution in [3.8, 4) is 18.2 Å². The highest BCUT2D eigenvalue weighted by Crippen LogP contribution is 2.27. The molecule has 18 heavy (non-hydrogen) atoms. The first-order valence-corrected chi connectivity index (χ1v) is 5.62. The van der Waals surface area contributed by atoms with Crippen LogP contribution in [0.1, 0.15) is 17.5 Å². The molecule has 1 aliphatic rings. The number of nitrogens with zero attached hydrogens (tertiary/aromatic N) is 3. The van der Waals surface area contributed by atoms with E-state index in [1.165, 1.54) is 0 Å². The van der Waals surface area contributed by atoms with Gasteiger partial charge in [-0.15, -0.1) is 0 Å². The van der Waals surface area contributed by atoms with E-state index in [0.717, 1.165) is 30.6 Å². The maximum atomic E-state index is 9.09. The topological polar surface area (TPSA) is 83.4 Å². The van der Waals surface area contributed by atoms with Crippen LogP contribution in [0.15, 0.2) is 23.8 Å². The van der Waals surface area contributed by atoms with Gasteiger partial charge in [-0.2, -0.15) is 15.8 Å². The first-order valence-electron chi connectivity index (χ1n) is 5.62. The Morgan fingerprint density at radius 1 is 1.11 bits per heavy atom. The van der Waals surface area contributed by atoms with Gasteiger partial charge in [0.15, 0.2) is 0 Å². The van der Waals surface area contributed by atoms with Crippen LogP contribution in [0.5, 0.6) is 0 Å². The fraction of sp³-hybridized carbons (Fsp3) is 0.214. The smallest absolute Gasteiger partial charge is 0.148 e. The minimum atomic E-state index is -0.138. The molecule has 0 aromatic heterocycles. The molecule has 1 aromatic rings. The monoisotopic (exact) mass is 234 g/mol. The molecule has 0 spiro atoms. The molecule has 0 bridgehead atoms. The van der Waals surface area contributed by atoms with Crippen LogP contribution in [-0.4, -0.2) is 6.54 Å². The lowest BCUT2D eigenvalue weighted by molar-refractivity contribution is 0.830. The number of hydrogen-bond donors (Lipinski definition) is 1. The van der Waals surface area contributed by atoms with Crippen LogP contribution in [0, 0.1) is 34.0 Å². The minimum Gasteiger partial charge on any atom is -0.385 e. The van der Waals surface area contributed by atoms with Gasteiger partial charge >= 0.3 is 0 Å². The average molecular weight is 234 g/mol. The Morgan fingerprint density at radius 2 is 1.89 bits per heavy atom. The highest BCUT2D eigenvalue weighted by Gasteiger charge is 2.13. The van der Waals surface area contributed by atoms with Crippen LogP contribution in [0.25, 0.3) is 5.57 Å². The van der Waals surface area contributed by atoms with E-state index >= 15 is 0 Å². The predicted octanol–water partition coefficient (Wildman–Crippen LogP) is 2.37. The van der Waals surface area contributed by atoms with Crippen molar-refractivity contribution < 1.29 is 0 Å². The van der Waals surface area contributed by atoms with Crippen LogP contribution in [0.2, 0.25) is 0 Å². The van der Waals surface area contributed by atoms with Crippen LogP contribution in [-0.2, 0) is 6.42 Å². The highest BCUT2D eigenvalue weighted by molar-refractivity contribution is 5.85. The molecule has 2 rings (SSSR count). The molecule has 4 heteroatoms. The maximum Gasteiger partial charge on any atom is 0.148 e. The maximum absolute atomic E-state index is 9.09. The molecule has 1 aromatic carbocycles. The lowest BCUT2D eigenvalue weighted by atomic mass is 9.96. The summed E-state index contributed by atoms with van der Waals surface area (Å²) in [4.78, 5) is 0. The molecule has 86 valence electrons. The summed E-state index contributed by atoms with van der Waals surface area (Å²) >= 11 is 0. The SMILES string of the molecule is N#CC(C#N)=C(C#N)c1ccc2c(c1)CCCN2. The van der Waals surface area contributed by atoms with Crippen LogP contribution in [0.3, 0.4) is 0 Å². The van der Waals surface area contributed by atoms with Gasteiger partial charge in [-0.3, -0.25) is 0 Å². The number of nitrogens with one attached hydrogen (secondary N) is 1. The molecule has 1 N–H and O–H groups in total. The summed E-state index contributed by atoms with van der Waals surface area (Å²) in [5.41, 5.74) is 2.84. The Morgan fingerprint density at radius 3 is 2.56 bits per heavy atom. The Kier molecular flexibility index (Phi) is 3.28. The van der Waals surface area contributed by atoms with Gasteiger partial charge in [-0.25, -0.2) is 0 Å². The molecule has 0 saturated carbocycles. The zero-order valence-electron chi connectivity index (χ0n) is 9.70. The molecule has 0 atom stereocenters. The molecular formula is C14H10N4. The van der Waals surface area contributed by atoms with Crippen molar-refractivity contribution >= 4 is 11.3 Å². The van der Waals surface area contributed by atoms with Crippen LogP contribution < -0.4 is 5.32 Å². The molecule has 0 unspecified atom stereocenters. The lowest BCUT2D eigenvalue weighted by Gasteiger charge is -2.18. The van der Waals surface area contributed by atoms with Crippen molar-refractivity contribution in [2.24, 2.45) is 0 Å². The van der Waals surface area contributed by atoms with Gasteiger partial charge in [0, 0.05) is 12.2 Å².